The molecule has 1 aromatic rings. The molecule has 0 unspecified atom stereocenters. The minimum Gasteiger partial charge on any atom is -0.245 e. The normalized spacial score (nSPS) is 9.09. The van der Waals surface area contributed by atoms with Crippen molar-refractivity contribution >= 4 is 11.6 Å². The summed E-state index contributed by atoms with van der Waals surface area (Å²) in [5.74, 6) is 0. The van der Waals surface area contributed by atoms with E-state index in [1.54, 1.807) is 12.3 Å². The highest BCUT2D eigenvalue weighted by Gasteiger charge is 1.93. The van der Waals surface area contributed by atoms with Gasteiger partial charge in [-0.3, -0.25) is 0 Å². The van der Waals surface area contributed by atoms with Crippen LogP contribution in [-0.2, 0) is 6.42 Å². The first kappa shape index (κ1) is 8.03. The van der Waals surface area contributed by atoms with E-state index in [-0.39, 0.29) is 0 Å². The van der Waals surface area contributed by atoms with Gasteiger partial charge in [-0.05, 0) is 24.1 Å². The van der Waals surface area contributed by atoms with Crippen molar-refractivity contribution in [3.05, 3.63) is 29.0 Å². The molecule has 56 valence electrons. The van der Waals surface area contributed by atoms with Crippen molar-refractivity contribution in [1.82, 2.24) is 4.98 Å². The van der Waals surface area contributed by atoms with Gasteiger partial charge in [0.1, 0.15) is 5.15 Å². The van der Waals surface area contributed by atoms with E-state index in [1.165, 1.54) is 0 Å². The van der Waals surface area contributed by atoms with Crippen LogP contribution >= 0.6 is 11.6 Å². The molecule has 0 N–H and O–H groups in total. The minimum absolute atomic E-state index is 0.487. The number of hydrogen-bond acceptors (Lipinski definition) is 2. The fourth-order valence-corrected chi connectivity index (χ4v) is 0.995. The van der Waals surface area contributed by atoms with Crippen molar-refractivity contribution in [2.24, 2.45) is 0 Å². The number of nitrogens with zero attached hydrogens (tertiary/aromatic N) is 2. The van der Waals surface area contributed by atoms with E-state index < -0.39 is 0 Å². The standard InChI is InChI=1S/C8H7ClN2/c9-8-6-7(2-1-4-10)3-5-11-8/h3,5-6H,1-2H2. The summed E-state index contributed by atoms with van der Waals surface area (Å²) in [6.07, 6.45) is 2.92. The topological polar surface area (TPSA) is 36.7 Å². The fourth-order valence-electron chi connectivity index (χ4n) is 0.798. The Labute approximate surface area is 70.4 Å². The summed E-state index contributed by atoms with van der Waals surface area (Å²) in [5.41, 5.74) is 1.06. The SMILES string of the molecule is N#CCCc1ccnc(Cl)c1. The average Bonchev–Trinajstić information content (AvgIpc) is 2.01. The average molecular weight is 167 g/mol. The van der Waals surface area contributed by atoms with E-state index >= 15 is 0 Å². The third-order valence-corrected chi connectivity index (χ3v) is 1.52. The molecule has 0 saturated heterocycles. The molecule has 0 aromatic carbocycles. The van der Waals surface area contributed by atoms with Crippen molar-refractivity contribution < 1.29 is 0 Å². The summed E-state index contributed by atoms with van der Waals surface area (Å²) >= 11 is 5.63. The second-order valence-corrected chi connectivity index (χ2v) is 2.53. The van der Waals surface area contributed by atoms with Crippen LogP contribution in [0, 0.1) is 11.3 Å². The number of rotatable bonds is 2. The van der Waals surface area contributed by atoms with E-state index in [0.29, 0.717) is 11.6 Å². The lowest BCUT2D eigenvalue weighted by atomic mass is 10.2. The highest BCUT2D eigenvalue weighted by Crippen LogP contribution is 2.08. The summed E-state index contributed by atoms with van der Waals surface area (Å²) in [6.45, 7) is 0. The van der Waals surface area contributed by atoms with Crippen LogP contribution in [0.2, 0.25) is 5.15 Å². The summed E-state index contributed by atoms with van der Waals surface area (Å²) in [5, 5.41) is 8.78. The lowest BCUT2D eigenvalue weighted by molar-refractivity contribution is 1.00. The molecule has 0 aliphatic heterocycles. The van der Waals surface area contributed by atoms with Crippen LogP contribution in [0.5, 0.6) is 0 Å². The highest BCUT2D eigenvalue weighted by atomic mass is 35.5. The highest BCUT2D eigenvalue weighted by molar-refractivity contribution is 6.29. The summed E-state index contributed by atoms with van der Waals surface area (Å²) in [7, 11) is 0. The first-order chi connectivity index (χ1) is 5.33. The van der Waals surface area contributed by atoms with Gasteiger partial charge in [0.05, 0.1) is 6.07 Å². The van der Waals surface area contributed by atoms with Gasteiger partial charge in [0, 0.05) is 12.6 Å². The second-order valence-electron chi connectivity index (χ2n) is 2.14. The van der Waals surface area contributed by atoms with Crippen molar-refractivity contribution in [3.8, 4) is 6.07 Å². The van der Waals surface area contributed by atoms with E-state index in [9.17, 15) is 0 Å². The minimum atomic E-state index is 0.487. The number of aromatic nitrogens is 1. The molecule has 0 fully saturated rings. The van der Waals surface area contributed by atoms with Gasteiger partial charge < -0.3 is 0 Å². The molecule has 0 radical (unpaired) electrons. The quantitative estimate of drug-likeness (QED) is 0.632. The molecule has 0 atom stereocenters. The van der Waals surface area contributed by atoms with Gasteiger partial charge in [0.15, 0.2) is 0 Å². The Morgan fingerprint density at radius 3 is 3.09 bits per heavy atom. The third-order valence-electron chi connectivity index (χ3n) is 1.32. The van der Waals surface area contributed by atoms with Gasteiger partial charge in [-0.25, -0.2) is 4.98 Å². The molecule has 0 amide bonds. The van der Waals surface area contributed by atoms with Crippen molar-refractivity contribution in [1.29, 1.82) is 5.26 Å². The lowest BCUT2D eigenvalue weighted by Crippen LogP contribution is -1.84. The number of aryl methyl sites for hydroxylation is 1. The van der Waals surface area contributed by atoms with E-state index in [2.05, 4.69) is 11.1 Å². The molecule has 0 spiro atoms. The molecular weight excluding hydrogens is 160 g/mol. The largest absolute Gasteiger partial charge is 0.245 e. The van der Waals surface area contributed by atoms with E-state index in [4.69, 9.17) is 16.9 Å². The zero-order valence-electron chi connectivity index (χ0n) is 5.92. The van der Waals surface area contributed by atoms with Gasteiger partial charge in [-0.1, -0.05) is 11.6 Å². The van der Waals surface area contributed by atoms with Crippen LogP contribution in [0.25, 0.3) is 0 Å². The molecule has 2 nitrogen and oxygen atoms in total. The molecule has 1 rings (SSSR count). The monoisotopic (exact) mass is 166 g/mol. The molecule has 0 saturated carbocycles. The predicted octanol–water partition coefficient (Wildman–Crippen LogP) is 2.19. The van der Waals surface area contributed by atoms with Crippen LogP contribution in [0.15, 0.2) is 18.3 Å². The van der Waals surface area contributed by atoms with Gasteiger partial charge in [-0.2, -0.15) is 5.26 Å². The number of hydrogen-bond donors (Lipinski definition) is 0. The molecule has 1 heterocycles. The molecule has 0 aliphatic rings. The van der Waals surface area contributed by atoms with Crippen molar-refractivity contribution in [2.45, 2.75) is 12.8 Å². The molecule has 0 bridgehead atoms. The van der Waals surface area contributed by atoms with Crippen LogP contribution in [0.1, 0.15) is 12.0 Å². The molecule has 0 aliphatic carbocycles. The number of halogens is 1. The van der Waals surface area contributed by atoms with Gasteiger partial charge >= 0.3 is 0 Å². The van der Waals surface area contributed by atoms with Gasteiger partial charge in [0.25, 0.3) is 0 Å². The first-order valence-electron chi connectivity index (χ1n) is 3.30. The van der Waals surface area contributed by atoms with Gasteiger partial charge in [-0.15, -0.1) is 0 Å². The Morgan fingerprint density at radius 2 is 2.45 bits per heavy atom. The number of pyridine rings is 1. The third kappa shape index (κ3) is 2.57. The Balaban J connectivity index is 2.65. The molecule has 1 aromatic heterocycles. The van der Waals surface area contributed by atoms with Crippen molar-refractivity contribution in [3.63, 3.8) is 0 Å². The molecule has 11 heavy (non-hydrogen) atoms. The number of nitriles is 1. The maximum absolute atomic E-state index is 8.30. The zero-order valence-corrected chi connectivity index (χ0v) is 6.67. The summed E-state index contributed by atoms with van der Waals surface area (Å²) in [4.78, 5) is 3.83. The predicted molar refractivity (Wildman–Crippen MR) is 43.2 cm³/mol. The Kier molecular flexibility index (Phi) is 2.88. The van der Waals surface area contributed by atoms with Crippen LogP contribution in [0.4, 0.5) is 0 Å². The maximum atomic E-state index is 8.30. The van der Waals surface area contributed by atoms with Crippen molar-refractivity contribution in [2.75, 3.05) is 0 Å². The zero-order chi connectivity index (χ0) is 8.10. The van der Waals surface area contributed by atoms with Crippen LogP contribution < -0.4 is 0 Å². The van der Waals surface area contributed by atoms with Crippen LogP contribution in [0.3, 0.4) is 0 Å². The Bertz CT molecular complexity index is 278. The maximum Gasteiger partial charge on any atom is 0.129 e. The summed E-state index contributed by atoms with van der Waals surface area (Å²) in [6, 6.07) is 5.71. The molecule has 3 heteroatoms. The second kappa shape index (κ2) is 3.95. The molecular formula is C8H7ClN2. The Morgan fingerprint density at radius 1 is 1.64 bits per heavy atom. The smallest absolute Gasteiger partial charge is 0.129 e. The lowest BCUT2D eigenvalue weighted by Gasteiger charge is -1.95. The first-order valence-corrected chi connectivity index (χ1v) is 3.68. The van der Waals surface area contributed by atoms with E-state index in [1.807, 2.05) is 6.07 Å². The van der Waals surface area contributed by atoms with E-state index in [0.717, 1.165) is 12.0 Å². The fraction of sp³-hybridized carbons (Fsp3) is 0.250. The van der Waals surface area contributed by atoms with Gasteiger partial charge in [0.2, 0.25) is 0 Å². The van der Waals surface area contributed by atoms with Crippen LogP contribution in [-0.4, -0.2) is 4.98 Å². The Hall–Kier alpha value is -1.07. The summed E-state index contributed by atoms with van der Waals surface area (Å²) < 4.78 is 0.